The summed E-state index contributed by atoms with van der Waals surface area (Å²) in [4.78, 5) is 28.2. The van der Waals surface area contributed by atoms with Gasteiger partial charge < -0.3 is 9.47 Å². The molecule has 0 aliphatic carbocycles. The molecule has 10 heteroatoms. The van der Waals surface area contributed by atoms with Crippen molar-refractivity contribution in [3.8, 4) is 11.5 Å². The molecular formula is C30H33BrN2O6S. The van der Waals surface area contributed by atoms with Crippen molar-refractivity contribution in [2.75, 3.05) is 25.7 Å². The first kappa shape index (κ1) is 29.8. The monoisotopic (exact) mass is 628 g/mol. The topological polar surface area (TPSA) is 93.2 Å². The Hall–Kier alpha value is -3.21. The van der Waals surface area contributed by atoms with Crippen molar-refractivity contribution in [1.29, 1.82) is 0 Å². The maximum absolute atomic E-state index is 14.4. The van der Waals surface area contributed by atoms with Gasteiger partial charge in [0.2, 0.25) is 15.9 Å². The molecule has 1 fully saturated rings. The van der Waals surface area contributed by atoms with Gasteiger partial charge in [-0.25, -0.2) is 13.3 Å². The predicted octanol–water partition coefficient (Wildman–Crippen LogP) is 5.27. The van der Waals surface area contributed by atoms with Crippen LogP contribution in [0.3, 0.4) is 0 Å². The normalized spacial score (nSPS) is 15.7. The summed E-state index contributed by atoms with van der Waals surface area (Å²) >= 11 is 3.37. The lowest BCUT2D eigenvalue weighted by molar-refractivity contribution is -0.122. The first-order valence-corrected chi connectivity index (χ1v) is 15.1. The largest absolute Gasteiger partial charge is 0.493 e. The highest BCUT2D eigenvalue weighted by Crippen LogP contribution is 2.34. The standard InChI is InChI=1S/C30H33BrN2O6S/c1-18-15-19(2)21(4)29(20(18)3)40(36,37)32(14-13-22-7-12-26(38-5)27(16-22)39-6)25-17-28(34)33(30(25)35)24-10-8-23(31)9-11-24/h7-12,15-16,25H,13-14,17H2,1-6H3. The molecule has 40 heavy (non-hydrogen) atoms. The minimum Gasteiger partial charge on any atom is -0.493 e. The van der Waals surface area contributed by atoms with E-state index in [1.165, 1.54) is 11.4 Å². The molecule has 1 unspecified atom stereocenters. The second-order valence-corrected chi connectivity index (χ2v) is 12.7. The van der Waals surface area contributed by atoms with E-state index in [1.807, 2.05) is 26.0 Å². The number of rotatable bonds is 9. The number of sulfonamides is 1. The Morgan fingerprint density at radius 2 is 1.50 bits per heavy atom. The number of carbonyl (C=O) groups is 2. The molecule has 1 aliphatic heterocycles. The summed E-state index contributed by atoms with van der Waals surface area (Å²) in [6.45, 7) is 7.28. The summed E-state index contributed by atoms with van der Waals surface area (Å²) in [5.41, 5.74) is 4.13. The van der Waals surface area contributed by atoms with Crippen LogP contribution in [-0.2, 0) is 26.0 Å². The third kappa shape index (κ3) is 5.53. The Bertz CT molecular complexity index is 1540. The van der Waals surface area contributed by atoms with Crippen LogP contribution < -0.4 is 14.4 Å². The zero-order chi connectivity index (χ0) is 29.4. The van der Waals surface area contributed by atoms with E-state index < -0.39 is 27.9 Å². The van der Waals surface area contributed by atoms with Crippen molar-refractivity contribution >= 4 is 43.5 Å². The van der Waals surface area contributed by atoms with Crippen LogP contribution in [0.25, 0.3) is 0 Å². The molecule has 4 rings (SSSR count). The summed E-state index contributed by atoms with van der Waals surface area (Å²) in [6, 6.07) is 12.9. The van der Waals surface area contributed by atoms with Gasteiger partial charge in [0.05, 0.1) is 31.2 Å². The number of aryl methyl sites for hydroxylation is 2. The molecule has 1 atom stereocenters. The van der Waals surface area contributed by atoms with E-state index in [2.05, 4.69) is 15.9 Å². The molecule has 1 heterocycles. The van der Waals surface area contributed by atoms with Gasteiger partial charge in [-0.1, -0.05) is 28.1 Å². The SMILES string of the molecule is COc1ccc(CCN(C2CC(=O)N(c3ccc(Br)cc3)C2=O)S(=O)(=O)c2c(C)c(C)cc(C)c2C)cc1OC. The molecule has 2 amide bonds. The first-order valence-electron chi connectivity index (χ1n) is 12.8. The predicted molar refractivity (Wildman–Crippen MR) is 158 cm³/mol. The number of imide groups is 1. The molecule has 0 N–H and O–H groups in total. The Morgan fingerprint density at radius 1 is 0.900 bits per heavy atom. The van der Waals surface area contributed by atoms with Crippen molar-refractivity contribution in [2.24, 2.45) is 0 Å². The fourth-order valence-corrected chi connectivity index (χ4v) is 7.53. The molecular weight excluding hydrogens is 596 g/mol. The van der Waals surface area contributed by atoms with E-state index in [0.29, 0.717) is 34.7 Å². The van der Waals surface area contributed by atoms with Crippen LogP contribution in [0.4, 0.5) is 5.69 Å². The number of carbonyl (C=O) groups excluding carboxylic acids is 2. The first-order chi connectivity index (χ1) is 18.9. The quantitative estimate of drug-likeness (QED) is 0.300. The lowest BCUT2D eigenvalue weighted by Crippen LogP contribution is -2.46. The van der Waals surface area contributed by atoms with Crippen LogP contribution >= 0.6 is 15.9 Å². The van der Waals surface area contributed by atoms with E-state index in [4.69, 9.17) is 9.47 Å². The second-order valence-electron chi connectivity index (χ2n) is 9.91. The molecule has 1 aliphatic rings. The van der Waals surface area contributed by atoms with Crippen LogP contribution in [-0.4, -0.2) is 51.3 Å². The van der Waals surface area contributed by atoms with Crippen LogP contribution in [0.15, 0.2) is 57.9 Å². The van der Waals surface area contributed by atoms with Crippen molar-refractivity contribution in [3.05, 3.63) is 80.8 Å². The minimum absolute atomic E-state index is 0.0124. The van der Waals surface area contributed by atoms with Gasteiger partial charge in [0.25, 0.3) is 5.91 Å². The number of nitrogens with zero attached hydrogens (tertiary/aromatic N) is 2. The smallest absolute Gasteiger partial charge is 0.252 e. The Morgan fingerprint density at radius 3 is 2.08 bits per heavy atom. The van der Waals surface area contributed by atoms with E-state index in [1.54, 1.807) is 57.4 Å². The maximum Gasteiger partial charge on any atom is 0.252 e. The molecule has 0 spiro atoms. The molecule has 0 saturated carbocycles. The molecule has 0 radical (unpaired) electrons. The number of ether oxygens (including phenoxy) is 2. The summed E-state index contributed by atoms with van der Waals surface area (Å²) in [5.74, 6) is 0.0586. The number of anilines is 1. The van der Waals surface area contributed by atoms with Crippen LogP contribution in [0.1, 0.15) is 34.2 Å². The van der Waals surface area contributed by atoms with E-state index in [-0.39, 0.29) is 17.9 Å². The Kier molecular flexibility index (Phi) is 8.72. The number of halogens is 1. The van der Waals surface area contributed by atoms with Crippen molar-refractivity contribution in [2.45, 2.75) is 51.5 Å². The average Bonchev–Trinajstić information content (AvgIpc) is 3.20. The van der Waals surface area contributed by atoms with Gasteiger partial charge in [-0.3, -0.25) is 9.59 Å². The lowest BCUT2D eigenvalue weighted by atomic mass is 10.0. The fraction of sp³-hybridized carbons (Fsp3) is 0.333. The van der Waals surface area contributed by atoms with Crippen LogP contribution in [0, 0.1) is 27.7 Å². The molecule has 3 aromatic rings. The summed E-state index contributed by atoms with van der Waals surface area (Å²) in [7, 11) is -1.11. The van der Waals surface area contributed by atoms with Crippen LogP contribution in [0.5, 0.6) is 11.5 Å². The summed E-state index contributed by atoms with van der Waals surface area (Å²) in [6.07, 6.45) is 0.0433. The molecule has 8 nitrogen and oxygen atoms in total. The van der Waals surface area contributed by atoms with E-state index in [9.17, 15) is 18.0 Å². The molecule has 0 bridgehead atoms. The van der Waals surface area contributed by atoms with Gasteiger partial charge in [-0.15, -0.1) is 0 Å². The third-order valence-corrected chi connectivity index (χ3v) is 10.2. The third-order valence-electron chi connectivity index (χ3n) is 7.49. The fourth-order valence-electron chi connectivity index (χ4n) is 5.11. The zero-order valence-corrected chi connectivity index (χ0v) is 25.9. The van der Waals surface area contributed by atoms with E-state index in [0.717, 1.165) is 26.1 Å². The lowest BCUT2D eigenvalue weighted by Gasteiger charge is -2.29. The highest BCUT2D eigenvalue weighted by atomic mass is 79.9. The van der Waals surface area contributed by atoms with E-state index >= 15 is 0 Å². The molecule has 1 saturated heterocycles. The summed E-state index contributed by atoms with van der Waals surface area (Å²) in [5, 5.41) is 0. The number of hydrogen-bond donors (Lipinski definition) is 0. The maximum atomic E-state index is 14.4. The van der Waals surface area contributed by atoms with Gasteiger partial charge in [0.1, 0.15) is 6.04 Å². The number of amides is 2. The van der Waals surface area contributed by atoms with Crippen LogP contribution in [0.2, 0.25) is 0 Å². The second kappa shape index (κ2) is 11.7. The minimum atomic E-state index is -4.19. The van der Waals surface area contributed by atoms with Crippen molar-refractivity contribution in [1.82, 2.24) is 4.31 Å². The van der Waals surface area contributed by atoms with Gasteiger partial charge >= 0.3 is 0 Å². The van der Waals surface area contributed by atoms with Gasteiger partial charge in [-0.05, 0) is 98.3 Å². The highest BCUT2D eigenvalue weighted by Gasteiger charge is 2.47. The van der Waals surface area contributed by atoms with Gasteiger partial charge in [0.15, 0.2) is 11.5 Å². The van der Waals surface area contributed by atoms with Gasteiger partial charge in [0, 0.05) is 11.0 Å². The number of benzene rings is 3. The number of methoxy groups -OCH3 is 2. The molecule has 3 aromatic carbocycles. The van der Waals surface area contributed by atoms with Crippen molar-refractivity contribution < 1.29 is 27.5 Å². The summed E-state index contributed by atoms with van der Waals surface area (Å²) < 4.78 is 41.6. The average molecular weight is 630 g/mol. The number of hydrogen-bond acceptors (Lipinski definition) is 6. The van der Waals surface area contributed by atoms with Gasteiger partial charge in [-0.2, -0.15) is 4.31 Å². The van der Waals surface area contributed by atoms with Crippen molar-refractivity contribution in [3.63, 3.8) is 0 Å². The highest BCUT2D eigenvalue weighted by molar-refractivity contribution is 9.10. The Labute approximate surface area is 244 Å². The zero-order valence-electron chi connectivity index (χ0n) is 23.4. The Balaban J connectivity index is 1.79. The molecule has 0 aromatic heterocycles. The molecule has 212 valence electrons.